The van der Waals surface area contributed by atoms with E-state index in [1.54, 1.807) is 0 Å². The molecule has 2 aliphatic heterocycles. The zero-order valence-electron chi connectivity index (χ0n) is 51.1. The second-order valence-electron chi connectivity index (χ2n) is 21.9. The van der Waals surface area contributed by atoms with Crippen LogP contribution in [0.3, 0.4) is 0 Å². The Balaban J connectivity index is 0.780. The van der Waals surface area contributed by atoms with E-state index in [-0.39, 0.29) is 84.5 Å². The Morgan fingerprint density at radius 2 is 0.898 bits per heavy atom. The molecule has 2 saturated heterocycles. The number of anilines is 2. The summed E-state index contributed by atoms with van der Waals surface area (Å²) in [5.74, 6) is -3.05. The summed E-state index contributed by atoms with van der Waals surface area (Å²) >= 11 is 1.57. The quantitative estimate of drug-likeness (QED) is 0.00695. The molecule has 0 saturated carbocycles. The molecule has 56 heteroatoms. The van der Waals surface area contributed by atoms with Crippen LogP contribution >= 0.6 is 71.0 Å². The summed E-state index contributed by atoms with van der Waals surface area (Å²) in [6, 6.07) is 0. The molecule has 0 bridgehead atoms. The fraction of sp³-hybridized carbons (Fsp3) is 0.667. The second kappa shape index (κ2) is 34.8. The highest BCUT2D eigenvalue weighted by atomic mass is 32.2. The van der Waals surface area contributed by atoms with Gasteiger partial charge in [0.15, 0.2) is 35.4 Å². The number of fused-ring (bicyclic) bond motifs is 2. The first kappa shape index (κ1) is 82.7. The molecule has 4 amide bonds. The van der Waals surface area contributed by atoms with Gasteiger partial charge in [0, 0.05) is 85.4 Å². The van der Waals surface area contributed by atoms with Crippen LogP contribution in [0.15, 0.2) is 25.3 Å². The number of hydrogen-bond acceptors (Lipinski definition) is 36. The standard InChI is InChI=1S/C42H70N14O34P6S2/c1-41(2,15-81-95(75,76)89-93(71,72)79-13-21-29(85-91(65,66)67)27(59)39(83-21)55-19-53-25-33(43)49-17-51-35(25)55)31(61)37(63)47-7-5-23(57)45-9-11-97-87-88-98-12-10-46-24(58)6-8-48-38(64)32(62)42(3,4)16-82-96(77,78)90-94(73,74)80-14-22-30(86-92(68,69)70)28(60)40(84-22)56-20-54-26-34(44)50-18-52-36(26)56/h17-22,27-32,39-40,59-62H,5-16H2,1-4H3,(H,45,57)(H,46,58)(H,47,63)(H,48,64)(H,71,72)(H,73,74)(H,75,76)(H,77,78)(H2,43,49,51)(H2,44,50,52)(H2,65,66,67)(H2,68,69,70)/t21-,22-,27-,28-,29-,30-,31+,32+,39-,40-/m1/s1. The van der Waals surface area contributed by atoms with E-state index in [9.17, 15) is 106 Å². The molecule has 0 aliphatic carbocycles. The van der Waals surface area contributed by atoms with E-state index >= 15 is 0 Å². The number of amides is 4. The SMILES string of the molecule is CC(C)(COP(=O)(O)OP(=O)(O)OC[C@H]1O[C@@H](n2cnc3c(N)ncnc32)[C@H](O)[C@@H]1OP(=O)(O)O)[C@@H](O)C(=O)NCCC(=O)NCCSOOSCCNC(=O)CCNC(=O)[C@H](O)C(C)(C)COP(=O)(O)OP(=O)(O)OC[C@H]1O[C@@H](n2cnc3c(N)ncnc32)[C@H](O)[C@@H]1OP(=O)(O)O. The van der Waals surface area contributed by atoms with Gasteiger partial charge in [-0.05, 0) is 0 Å². The number of nitrogens with zero attached hydrogens (tertiary/aromatic N) is 8. The molecule has 554 valence electrons. The zero-order valence-corrected chi connectivity index (χ0v) is 58.1. The Morgan fingerprint density at radius 3 is 1.24 bits per heavy atom. The summed E-state index contributed by atoms with van der Waals surface area (Å²) in [7, 11) is -33.2. The van der Waals surface area contributed by atoms with E-state index in [2.05, 4.69) is 68.8 Å². The van der Waals surface area contributed by atoms with Gasteiger partial charge in [-0.25, -0.2) is 57.3 Å². The van der Waals surface area contributed by atoms with E-state index in [0.717, 1.165) is 58.5 Å². The first-order chi connectivity index (χ1) is 45.4. The van der Waals surface area contributed by atoms with E-state index in [1.807, 2.05) is 0 Å². The summed E-state index contributed by atoms with van der Waals surface area (Å²) < 4.78 is 135. The summed E-state index contributed by atoms with van der Waals surface area (Å²) in [4.78, 5) is 153. The molecule has 20 N–H and O–H groups in total. The maximum Gasteiger partial charge on any atom is 0.481 e. The van der Waals surface area contributed by atoms with E-state index in [4.69, 9.17) is 47.7 Å². The molecule has 4 unspecified atom stereocenters. The highest BCUT2D eigenvalue weighted by Crippen LogP contribution is 2.63. The van der Waals surface area contributed by atoms with Crippen molar-refractivity contribution in [1.29, 1.82) is 0 Å². The van der Waals surface area contributed by atoms with Crippen LogP contribution in [0.2, 0.25) is 0 Å². The van der Waals surface area contributed by atoms with E-state index in [1.165, 1.54) is 27.7 Å². The lowest BCUT2D eigenvalue weighted by Gasteiger charge is -2.30. The maximum atomic E-state index is 12.8. The molecule has 48 nitrogen and oxygen atoms in total. The highest BCUT2D eigenvalue weighted by Gasteiger charge is 2.52. The molecule has 0 spiro atoms. The van der Waals surface area contributed by atoms with Gasteiger partial charge in [0.05, 0.1) is 39.1 Å². The van der Waals surface area contributed by atoms with Crippen molar-refractivity contribution in [3.63, 3.8) is 0 Å². The first-order valence-electron chi connectivity index (χ1n) is 27.8. The van der Waals surface area contributed by atoms with Crippen LogP contribution in [0.5, 0.6) is 0 Å². The lowest BCUT2D eigenvalue weighted by Crippen LogP contribution is -2.46. The fourth-order valence-corrected chi connectivity index (χ4v) is 14.9. The number of aliphatic hydroxyl groups is 4. The number of carbonyl (C=O) groups is 4. The molecule has 98 heavy (non-hydrogen) atoms. The van der Waals surface area contributed by atoms with Crippen LogP contribution in [0.1, 0.15) is 53.0 Å². The van der Waals surface area contributed by atoms with Crippen molar-refractivity contribution < 1.29 is 160 Å². The van der Waals surface area contributed by atoms with Crippen molar-refractivity contribution in [3.8, 4) is 0 Å². The van der Waals surface area contributed by atoms with E-state index < -0.39 is 169 Å². The smallest absolute Gasteiger partial charge is 0.386 e. The number of carbonyl (C=O) groups excluding carboxylic acids is 4. The number of imidazole rings is 2. The number of phosphoric acid groups is 6. The Hall–Kier alpha value is -4.30. The molecule has 2 aliphatic rings. The van der Waals surface area contributed by atoms with Gasteiger partial charge >= 0.3 is 46.9 Å². The third-order valence-electron chi connectivity index (χ3n) is 13.3. The number of aliphatic hydroxyl groups excluding tert-OH is 4. The van der Waals surface area contributed by atoms with Crippen LogP contribution in [0.4, 0.5) is 11.6 Å². The Morgan fingerprint density at radius 1 is 0.551 bits per heavy atom. The predicted octanol–water partition coefficient (Wildman–Crippen LogP) is -2.93. The second-order valence-corrected chi connectivity index (χ2v) is 32.0. The Labute approximate surface area is 560 Å². The van der Waals surface area contributed by atoms with Gasteiger partial charge in [0.2, 0.25) is 23.6 Å². The Bertz CT molecular complexity index is 3490. The van der Waals surface area contributed by atoms with Gasteiger partial charge in [-0.3, -0.25) is 55.5 Å². The number of nitrogen functional groups attached to an aromatic ring is 2. The van der Waals surface area contributed by atoms with E-state index in [0.29, 0.717) is 0 Å². The molecule has 2 fully saturated rings. The number of nitrogens with two attached hydrogens (primary N) is 2. The van der Waals surface area contributed by atoms with Gasteiger partial charge in [-0.15, -0.1) is 0 Å². The summed E-state index contributed by atoms with van der Waals surface area (Å²) in [6.45, 7) is 0.00330. The van der Waals surface area contributed by atoms with Crippen molar-refractivity contribution >= 4 is 129 Å². The van der Waals surface area contributed by atoms with Crippen LogP contribution in [0.25, 0.3) is 22.3 Å². The minimum atomic E-state index is -5.65. The fourth-order valence-electron chi connectivity index (χ4n) is 8.45. The van der Waals surface area contributed by atoms with Gasteiger partial charge < -0.3 is 102 Å². The van der Waals surface area contributed by atoms with Crippen LogP contribution in [0, 0.1) is 10.8 Å². The molecule has 4 aromatic rings. The lowest BCUT2D eigenvalue weighted by atomic mass is 9.87. The average molecular weight is 1570 g/mol. The van der Waals surface area contributed by atoms with Gasteiger partial charge in [-0.2, -0.15) is 17.3 Å². The normalized spacial score (nSPS) is 23.3. The number of nitrogens with one attached hydrogen (secondary N) is 4. The molecule has 0 aromatic carbocycles. The maximum absolute atomic E-state index is 12.8. The predicted molar refractivity (Wildman–Crippen MR) is 326 cm³/mol. The van der Waals surface area contributed by atoms with Crippen LogP contribution in [-0.4, -0.2) is 235 Å². The van der Waals surface area contributed by atoms with Crippen molar-refractivity contribution in [2.75, 3.05) is 75.6 Å². The molecular weight excluding hydrogens is 1490 g/mol. The van der Waals surface area contributed by atoms with Gasteiger partial charge in [-0.1, -0.05) is 27.7 Å². The van der Waals surface area contributed by atoms with Crippen LogP contribution < -0.4 is 32.7 Å². The van der Waals surface area contributed by atoms with Crippen molar-refractivity contribution in [3.05, 3.63) is 25.3 Å². The molecule has 4 aromatic heterocycles. The molecule has 0 radical (unpaired) electrons. The third kappa shape index (κ3) is 24.7. The molecule has 6 heterocycles. The van der Waals surface area contributed by atoms with Gasteiger partial charge in [0.25, 0.3) is 0 Å². The number of hydrogen-bond donors (Lipinski definition) is 18. The van der Waals surface area contributed by atoms with Crippen molar-refractivity contribution in [1.82, 2.24) is 60.3 Å². The minimum absolute atomic E-state index is 0.00584. The first-order valence-corrected chi connectivity index (χ1v) is 38.6. The summed E-state index contributed by atoms with van der Waals surface area (Å²) in [5, 5.41) is 52.9. The van der Waals surface area contributed by atoms with Crippen molar-refractivity contribution in [2.24, 2.45) is 10.8 Å². The van der Waals surface area contributed by atoms with Crippen LogP contribution in [-0.2, 0) is 100 Å². The number of ether oxygens (including phenoxy) is 2. The summed E-state index contributed by atoms with van der Waals surface area (Å²) in [6.07, 6.45) is -14.8. The topological polar surface area (TPSA) is 712 Å². The molecule has 14 atom stereocenters. The highest BCUT2D eigenvalue weighted by molar-refractivity contribution is 7.96. The average Bonchev–Trinajstić information content (AvgIpc) is 1.62. The number of aromatic nitrogens is 8. The Kier molecular flexibility index (Phi) is 29.3. The largest absolute Gasteiger partial charge is 0.481 e. The zero-order chi connectivity index (χ0) is 73.0. The minimum Gasteiger partial charge on any atom is -0.386 e. The monoisotopic (exact) mass is 1560 g/mol. The molecular formula is C42H70N14O34P6S2. The van der Waals surface area contributed by atoms with Gasteiger partial charge in [0.1, 0.15) is 72.5 Å². The number of rotatable bonds is 41. The lowest BCUT2D eigenvalue weighted by molar-refractivity contribution is -0.137. The third-order valence-corrected chi connectivity index (χ3v) is 20.6. The van der Waals surface area contributed by atoms with Crippen molar-refractivity contribution in [2.45, 2.75) is 102 Å². The summed E-state index contributed by atoms with van der Waals surface area (Å²) in [5.41, 5.74) is 8.23. The number of phosphoric ester groups is 6. The molecule has 6 rings (SSSR count).